The molecule has 3 aromatic carbocycles. The summed E-state index contributed by atoms with van der Waals surface area (Å²) in [6, 6.07) is 27.0. The lowest BCUT2D eigenvalue weighted by Crippen LogP contribution is -2.37. The topological polar surface area (TPSA) is 35.8 Å². The fraction of sp³-hybridized carbons (Fsp3) is 0.150. The number of nitrogens with zero attached hydrogens (tertiary/aromatic N) is 1. The lowest BCUT2D eigenvalue weighted by molar-refractivity contribution is 0.465. The Morgan fingerprint density at radius 1 is 0.909 bits per heavy atom. The normalized spacial score (nSPS) is 13.5. The van der Waals surface area contributed by atoms with E-state index in [1.165, 1.54) is 10.9 Å². The molecule has 22 heavy (non-hydrogen) atoms. The highest BCUT2D eigenvalue weighted by molar-refractivity contribution is 5.83. The summed E-state index contributed by atoms with van der Waals surface area (Å²) >= 11 is 0. The van der Waals surface area contributed by atoms with Gasteiger partial charge in [0.15, 0.2) is 0 Å². The Morgan fingerprint density at radius 2 is 1.59 bits per heavy atom. The maximum atomic E-state index is 9.68. The van der Waals surface area contributed by atoms with E-state index < -0.39 is 5.54 Å². The van der Waals surface area contributed by atoms with Gasteiger partial charge in [-0.2, -0.15) is 5.26 Å². The van der Waals surface area contributed by atoms with E-state index in [0.717, 1.165) is 10.9 Å². The van der Waals surface area contributed by atoms with Gasteiger partial charge in [-0.05, 0) is 34.9 Å². The van der Waals surface area contributed by atoms with Crippen LogP contribution in [-0.2, 0) is 12.1 Å². The van der Waals surface area contributed by atoms with Crippen LogP contribution in [0.3, 0.4) is 0 Å². The Bertz CT molecular complexity index is 818. The Labute approximate surface area is 131 Å². The number of hydrogen-bond acceptors (Lipinski definition) is 2. The minimum atomic E-state index is -0.708. The van der Waals surface area contributed by atoms with Crippen LogP contribution in [0, 0.1) is 11.3 Å². The molecule has 0 radical (unpaired) electrons. The quantitative estimate of drug-likeness (QED) is 0.773. The number of hydrogen-bond donors (Lipinski definition) is 1. The van der Waals surface area contributed by atoms with Crippen LogP contribution in [0.2, 0.25) is 0 Å². The maximum Gasteiger partial charge on any atom is 0.129 e. The molecule has 0 aliphatic rings. The van der Waals surface area contributed by atoms with Gasteiger partial charge in [0.25, 0.3) is 0 Å². The summed E-state index contributed by atoms with van der Waals surface area (Å²) in [5.41, 5.74) is 1.45. The van der Waals surface area contributed by atoms with Crippen molar-refractivity contribution >= 4 is 10.8 Å². The maximum absolute atomic E-state index is 9.68. The smallest absolute Gasteiger partial charge is 0.129 e. The second-order valence-electron chi connectivity index (χ2n) is 5.64. The molecule has 1 N–H and O–H groups in total. The molecular weight excluding hydrogens is 268 g/mol. The first-order chi connectivity index (χ1) is 10.7. The van der Waals surface area contributed by atoms with Crippen LogP contribution in [0.15, 0.2) is 72.8 Å². The van der Waals surface area contributed by atoms with Gasteiger partial charge in [-0.15, -0.1) is 0 Å². The van der Waals surface area contributed by atoms with E-state index in [-0.39, 0.29) is 0 Å². The van der Waals surface area contributed by atoms with E-state index in [0.29, 0.717) is 6.54 Å². The summed E-state index contributed by atoms with van der Waals surface area (Å²) in [5.74, 6) is 0. The van der Waals surface area contributed by atoms with Crippen molar-refractivity contribution in [1.29, 1.82) is 5.26 Å². The van der Waals surface area contributed by atoms with Crippen molar-refractivity contribution in [2.75, 3.05) is 0 Å². The highest BCUT2D eigenvalue weighted by atomic mass is 15.0. The zero-order valence-corrected chi connectivity index (χ0v) is 12.6. The van der Waals surface area contributed by atoms with Crippen LogP contribution < -0.4 is 5.32 Å². The average Bonchev–Trinajstić information content (AvgIpc) is 2.60. The Hall–Kier alpha value is -2.63. The van der Waals surface area contributed by atoms with E-state index >= 15 is 0 Å². The Morgan fingerprint density at radius 3 is 2.32 bits per heavy atom. The number of rotatable bonds is 4. The summed E-state index contributed by atoms with van der Waals surface area (Å²) in [5, 5.41) is 15.4. The fourth-order valence-electron chi connectivity index (χ4n) is 2.58. The van der Waals surface area contributed by atoms with Crippen molar-refractivity contribution in [3.8, 4) is 6.07 Å². The Balaban J connectivity index is 1.89. The van der Waals surface area contributed by atoms with Crippen molar-refractivity contribution in [3.05, 3.63) is 83.9 Å². The lowest BCUT2D eigenvalue weighted by Gasteiger charge is -2.24. The molecule has 0 fully saturated rings. The van der Waals surface area contributed by atoms with Crippen molar-refractivity contribution < 1.29 is 0 Å². The van der Waals surface area contributed by atoms with Gasteiger partial charge in [0.05, 0.1) is 6.07 Å². The first-order valence-corrected chi connectivity index (χ1v) is 7.41. The molecular formula is C20H18N2. The molecule has 3 aromatic rings. The molecule has 0 aliphatic heterocycles. The highest BCUT2D eigenvalue weighted by Gasteiger charge is 2.25. The molecule has 0 spiro atoms. The molecule has 0 aliphatic carbocycles. The second kappa shape index (κ2) is 6.01. The van der Waals surface area contributed by atoms with Gasteiger partial charge in [-0.1, -0.05) is 66.7 Å². The van der Waals surface area contributed by atoms with Gasteiger partial charge in [0.1, 0.15) is 5.54 Å². The lowest BCUT2D eigenvalue weighted by atomic mass is 9.91. The van der Waals surface area contributed by atoms with E-state index in [2.05, 4.69) is 47.8 Å². The minimum absolute atomic E-state index is 0.664. The first kappa shape index (κ1) is 14.3. The van der Waals surface area contributed by atoms with Crippen LogP contribution in [0.5, 0.6) is 0 Å². The van der Waals surface area contributed by atoms with Crippen molar-refractivity contribution in [2.45, 2.75) is 19.0 Å². The Kier molecular flexibility index (Phi) is 3.91. The molecule has 2 heteroatoms. The summed E-state index contributed by atoms with van der Waals surface area (Å²) < 4.78 is 0. The molecule has 0 bridgehead atoms. The predicted molar refractivity (Wildman–Crippen MR) is 90.2 cm³/mol. The zero-order valence-electron chi connectivity index (χ0n) is 12.6. The van der Waals surface area contributed by atoms with Gasteiger partial charge in [0.2, 0.25) is 0 Å². The third-order valence-electron chi connectivity index (χ3n) is 4.04. The number of nitrogens with one attached hydrogen (secondary N) is 1. The molecule has 0 amide bonds. The van der Waals surface area contributed by atoms with E-state index in [9.17, 15) is 5.26 Å². The van der Waals surface area contributed by atoms with Crippen molar-refractivity contribution in [3.63, 3.8) is 0 Å². The predicted octanol–water partition coefficient (Wildman–Crippen LogP) is 4.37. The highest BCUT2D eigenvalue weighted by Crippen LogP contribution is 2.25. The van der Waals surface area contributed by atoms with Crippen molar-refractivity contribution in [2.24, 2.45) is 0 Å². The summed E-state index contributed by atoms with van der Waals surface area (Å²) in [7, 11) is 0. The fourth-order valence-corrected chi connectivity index (χ4v) is 2.58. The third kappa shape index (κ3) is 2.86. The molecule has 2 nitrogen and oxygen atoms in total. The minimum Gasteiger partial charge on any atom is -0.292 e. The van der Waals surface area contributed by atoms with Gasteiger partial charge in [-0.3, -0.25) is 5.32 Å². The SMILES string of the molecule is CC(C#N)(NCc1ccccc1)c1ccc2ccccc2c1. The van der Waals surface area contributed by atoms with Crippen LogP contribution in [0.1, 0.15) is 18.1 Å². The molecule has 108 valence electrons. The van der Waals surface area contributed by atoms with Gasteiger partial charge < -0.3 is 0 Å². The standard InChI is InChI=1S/C20H18N2/c1-20(15-21,22-14-16-7-3-2-4-8-16)19-12-11-17-9-5-6-10-18(17)13-19/h2-13,22H,14H2,1H3. The molecule has 0 saturated carbocycles. The summed E-state index contributed by atoms with van der Waals surface area (Å²) in [6.45, 7) is 2.60. The third-order valence-corrected chi connectivity index (χ3v) is 4.04. The van der Waals surface area contributed by atoms with Crippen LogP contribution in [0.4, 0.5) is 0 Å². The van der Waals surface area contributed by atoms with E-state index in [1.54, 1.807) is 0 Å². The first-order valence-electron chi connectivity index (χ1n) is 7.41. The number of fused-ring (bicyclic) bond motifs is 1. The van der Waals surface area contributed by atoms with Gasteiger partial charge >= 0.3 is 0 Å². The number of benzene rings is 3. The molecule has 3 rings (SSSR count). The zero-order chi connectivity index (χ0) is 15.4. The summed E-state index contributed by atoms with van der Waals surface area (Å²) in [4.78, 5) is 0. The van der Waals surface area contributed by atoms with Crippen LogP contribution in [-0.4, -0.2) is 0 Å². The van der Waals surface area contributed by atoms with E-state index in [1.807, 2.05) is 43.3 Å². The van der Waals surface area contributed by atoms with Crippen molar-refractivity contribution in [1.82, 2.24) is 5.32 Å². The second-order valence-corrected chi connectivity index (χ2v) is 5.64. The molecule has 1 unspecified atom stereocenters. The number of nitriles is 1. The molecule has 0 heterocycles. The van der Waals surface area contributed by atoms with Crippen LogP contribution in [0.25, 0.3) is 10.8 Å². The summed E-state index contributed by atoms with van der Waals surface area (Å²) in [6.07, 6.45) is 0. The van der Waals surface area contributed by atoms with Gasteiger partial charge in [0, 0.05) is 6.54 Å². The monoisotopic (exact) mass is 286 g/mol. The average molecular weight is 286 g/mol. The molecule has 0 saturated heterocycles. The van der Waals surface area contributed by atoms with Gasteiger partial charge in [-0.25, -0.2) is 0 Å². The van der Waals surface area contributed by atoms with E-state index in [4.69, 9.17) is 0 Å². The molecule has 1 atom stereocenters. The van der Waals surface area contributed by atoms with Crippen LogP contribution >= 0.6 is 0 Å². The molecule has 0 aromatic heterocycles. The largest absolute Gasteiger partial charge is 0.292 e.